The van der Waals surface area contributed by atoms with E-state index in [1.165, 1.54) is 0 Å². The van der Waals surface area contributed by atoms with Crippen molar-refractivity contribution < 1.29 is 19.1 Å². The van der Waals surface area contributed by atoms with Crippen molar-refractivity contribution in [2.24, 2.45) is 0 Å². The molecule has 1 heterocycles. The lowest BCUT2D eigenvalue weighted by Gasteiger charge is -2.17. The minimum Gasteiger partial charge on any atom is -0.462 e. The maximum atomic E-state index is 12.3. The molecular formula is C17H18N4O4. The predicted octanol–water partition coefficient (Wildman–Crippen LogP) is 0.398. The molecule has 0 aliphatic carbocycles. The number of aromatic nitrogens is 1. The quantitative estimate of drug-likeness (QED) is 0.398. The summed E-state index contributed by atoms with van der Waals surface area (Å²) in [5, 5.41) is 14.4. The average Bonchev–Trinajstić information content (AvgIpc) is 3.03. The molecule has 0 spiro atoms. The number of ether oxygens (including phenoxy) is 1. The van der Waals surface area contributed by atoms with E-state index < -0.39 is 23.8 Å². The molecule has 0 aliphatic rings. The predicted molar refractivity (Wildman–Crippen MR) is 89.2 cm³/mol. The highest BCUT2D eigenvalue weighted by molar-refractivity contribution is 6.32. The summed E-state index contributed by atoms with van der Waals surface area (Å²) in [5.74, 6) is -2.55. The van der Waals surface area contributed by atoms with E-state index >= 15 is 0 Å². The van der Waals surface area contributed by atoms with Gasteiger partial charge in [-0.1, -0.05) is 18.2 Å². The van der Waals surface area contributed by atoms with Crippen molar-refractivity contribution in [3.8, 4) is 6.07 Å². The average molecular weight is 342 g/mol. The minimum absolute atomic E-state index is 0.149. The molecule has 8 nitrogen and oxygen atoms in total. The third-order valence-corrected chi connectivity index (χ3v) is 3.63. The van der Waals surface area contributed by atoms with Crippen molar-refractivity contribution in [1.29, 1.82) is 5.26 Å². The summed E-state index contributed by atoms with van der Waals surface area (Å²) in [6.45, 7) is 0.161. The summed E-state index contributed by atoms with van der Waals surface area (Å²) in [7, 11) is 1.09. The van der Waals surface area contributed by atoms with Crippen LogP contribution in [0, 0.1) is 11.3 Å². The number of nitrogens with one attached hydrogen (secondary N) is 3. The molecule has 25 heavy (non-hydrogen) atoms. The summed E-state index contributed by atoms with van der Waals surface area (Å²) >= 11 is 0. The topological polar surface area (TPSA) is 124 Å². The Morgan fingerprint density at radius 2 is 2.08 bits per heavy atom. The number of fused-ring (bicyclic) bond motifs is 1. The molecule has 0 radical (unpaired) electrons. The van der Waals surface area contributed by atoms with Crippen LogP contribution >= 0.6 is 0 Å². The number of carbonyl (C=O) groups excluding carboxylic acids is 3. The number of esters is 1. The van der Waals surface area contributed by atoms with Gasteiger partial charge in [-0.15, -0.1) is 0 Å². The Morgan fingerprint density at radius 3 is 2.80 bits per heavy atom. The van der Waals surface area contributed by atoms with Crippen molar-refractivity contribution in [1.82, 2.24) is 15.6 Å². The lowest BCUT2D eigenvalue weighted by atomic mass is 10.0. The Hall–Kier alpha value is -3.34. The number of nitrogens with zero attached hydrogens (tertiary/aromatic N) is 1. The molecule has 1 aromatic heterocycles. The van der Waals surface area contributed by atoms with Gasteiger partial charge in [-0.3, -0.25) is 9.59 Å². The number of aromatic amines is 1. The summed E-state index contributed by atoms with van der Waals surface area (Å²) in [6.07, 6.45) is 2.09. The van der Waals surface area contributed by atoms with Gasteiger partial charge in [0.15, 0.2) is 0 Å². The number of nitriles is 1. The van der Waals surface area contributed by atoms with Gasteiger partial charge in [0.1, 0.15) is 6.04 Å². The van der Waals surface area contributed by atoms with Gasteiger partial charge in [0.2, 0.25) is 5.91 Å². The second-order valence-electron chi connectivity index (χ2n) is 5.28. The number of rotatable bonds is 6. The molecule has 0 aliphatic heterocycles. The standard InChI is InChI=1S/C17H18N4O4/c1-25-17(24)16(23)21-14(15(22)19-8-4-7-18)9-11-10-20-13-6-3-2-5-12(11)13/h2-3,5-6,10,14,20H,4,8-9H2,1H3,(H,19,22)(H,21,23). The number of amides is 2. The molecule has 130 valence electrons. The number of benzene rings is 1. The van der Waals surface area contributed by atoms with E-state index in [0.717, 1.165) is 23.6 Å². The van der Waals surface area contributed by atoms with Crippen LogP contribution in [-0.4, -0.2) is 42.5 Å². The van der Waals surface area contributed by atoms with Crippen molar-refractivity contribution in [3.63, 3.8) is 0 Å². The van der Waals surface area contributed by atoms with Gasteiger partial charge in [0, 0.05) is 30.1 Å². The Balaban J connectivity index is 2.18. The smallest absolute Gasteiger partial charge is 0.396 e. The highest BCUT2D eigenvalue weighted by Crippen LogP contribution is 2.19. The van der Waals surface area contributed by atoms with Crippen LogP contribution in [0.25, 0.3) is 10.9 Å². The van der Waals surface area contributed by atoms with Crippen molar-refractivity contribution in [2.75, 3.05) is 13.7 Å². The van der Waals surface area contributed by atoms with Crippen LogP contribution in [-0.2, 0) is 25.5 Å². The molecule has 2 rings (SSSR count). The van der Waals surface area contributed by atoms with Gasteiger partial charge < -0.3 is 20.4 Å². The van der Waals surface area contributed by atoms with Crippen LogP contribution in [0.3, 0.4) is 0 Å². The van der Waals surface area contributed by atoms with Crippen LogP contribution < -0.4 is 10.6 Å². The normalized spacial score (nSPS) is 11.4. The summed E-state index contributed by atoms with van der Waals surface area (Å²) < 4.78 is 4.36. The Bertz CT molecular complexity index is 821. The molecule has 1 atom stereocenters. The third kappa shape index (κ3) is 4.57. The van der Waals surface area contributed by atoms with Crippen LogP contribution in [0.4, 0.5) is 0 Å². The summed E-state index contributed by atoms with van der Waals surface area (Å²) in [6, 6.07) is 8.50. The minimum atomic E-state index is -1.08. The number of H-pyrrole nitrogens is 1. The SMILES string of the molecule is COC(=O)C(=O)NC(Cc1c[nH]c2ccccc12)C(=O)NCCC#N. The molecular weight excluding hydrogens is 324 g/mol. The molecule has 3 N–H and O–H groups in total. The van der Waals surface area contributed by atoms with Crippen molar-refractivity contribution in [2.45, 2.75) is 18.9 Å². The van der Waals surface area contributed by atoms with Crippen molar-refractivity contribution >= 4 is 28.7 Å². The Morgan fingerprint density at radius 1 is 1.32 bits per heavy atom. The van der Waals surface area contributed by atoms with Crippen LogP contribution in [0.1, 0.15) is 12.0 Å². The molecule has 0 bridgehead atoms. The van der Waals surface area contributed by atoms with Gasteiger partial charge in [0.05, 0.1) is 19.6 Å². The first kappa shape index (κ1) is 18.0. The molecule has 2 amide bonds. The van der Waals surface area contributed by atoms with Crippen LogP contribution in [0.15, 0.2) is 30.5 Å². The Labute approximate surface area is 144 Å². The third-order valence-electron chi connectivity index (χ3n) is 3.63. The molecule has 0 saturated carbocycles. The largest absolute Gasteiger partial charge is 0.462 e. The zero-order chi connectivity index (χ0) is 18.2. The monoisotopic (exact) mass is 342 g/mol. The molecule has 1 aromatic carbocycles. The zero-order valence-electron chi connectivity index (χ0n) is 13.7. The fraction of sp³-hybridized carbons (Fsp3) is 0.294. The van der Waals surface area contributed by atoms with Gasteiger partial charge in [-0.05, 0) is 11.6 Å². The summed E-state index contributed by atoms with van der Waals surface area (Å²) in [4.78, 5) is 38.5. The van der Waals surface area contributed by atoms with Crippen molar-refractivity contribution in [3.05, 3.63) is 36.0 Å². The molecule has 0 saturated heterocycles. The fourth-order valence-corrected chi connectivity index (χ4v) is 2.40. The Kier molecular flexibility index (Phi) is 6.12. The number of para-hydroxylation sites is 1. The van der Waals surface area contributed by atoms with E-state index in [0.29, 0.717) is 0 Å². The molecule has 1 unspecified atom stereocenters. The van der Waals surface area contributed by atoms with E-state index in [1.54, 1.807) is 6.20 Å². The van der Waals surface area contributed by atoms with E-state index in [9.17, 15) is 14.4 Å². The number of methoxy groups -OCH3 is 1. The lowest BCUT2D eigenvalue weighted by molar-refractivity contribution is -0.153. The van der Waals surface area contributed by atoms with Gasteiger partial charge in [0.25, 0.3) is 0 Å². The first-order chi connectivity index (χ1) is 12.1. The number of carbonyl (C=O) groups is 3. The van der Waals surface area contributed by atoms with Gasteiger partial charge in [-0.2, -0.15) is 5.26 Å². The van der Waals surface area contributed by atoms with E-state index in [2.05, 4.69) is 20.4 Å². The molecule has 8 heteroatoms. The first-order valence-corrected chi connectivity index (χ1v) is 7.65. The van der Waals surface area contributed by atoms with E-state index in [1.807, 2.05) is 30.3 Å². The molecule has 2 aromatic rings. The van der Waals surface area contributed by atoms with Crippen LogP contribution in [0.5, 0.6) is 0 Å². The summed E-state index contributed by atoms with van der Waals surface area (Å²) in [5.41, 5.74) is 1.72. The van der Waals surface area contributed by atoms with Crippen LogP contribution in [0.2, 0.25) is 0 Å². The second-order valence-corrected chi connectivity index (χ2v) is 5.28. The van der Waals surface area contributed by atoms with E-state index in [-0.39, 0.29) is 19.4 Å². The van der Waals surface area contributed by atoms with Gasteiger partial charge in [-0.25, -0.2) is 4.79 Å². The lowest BCUT2D eigenvalue weighted by Crippen LogP contribution is -2.50. The fourth-order valence-electron chi connectivity index (χ4n) is 2.40. The highest BCUT2D eigenvalue weighted by Gasteiger charge is 2.25. The zero-order valence-corrected chi connectivity index (χ0v) is 13.7. The first-order valence-electron chi connectivity index (χ1n) is 7.65. The van der Waals surface area contributed by atoms with E-state index in [4.69, 9.17) is 5.26 Å². The second kappa shape index (κ2) is 8.49. The maximum absolute atomic E-state index is 12.3. The highest BCUT2D eigenvalue weighted by atomic mass is 16.5. The number of hydrogen-bond acceptors (Lipinski definition) is 5. The van der Waals surface area contributed by atoms with Gasteiger partial charge >= 0.3 is 11.9 Å². The maximum Gasteiger partial charge on any atom is 0.396 e. The number of hydrogen-bond donors (Lipinski definition) is 3. The molecule has 0 fully saturated rings.